The fraction of sp³-hybridized carbons (Fsp3) is 0.400. The molecule has 1 aromatic heterocycles. The average molecular weight is 371 g/mol. The minimum atomic E-state index is -3.58. The number of piperazine rings is 1. The van der Waals surface area contributed by atoms with Crippen LogP contribution in [-0.4, -0.2) is 55.3 Å². The predicted molar refractivity (Wildman–Crippen MR) is 91.3 cm³/mol. The lowest BCUT2D eigenvalue weighted by Crippen LogP contribution is -2.51. The Bertz CT molecular complexity index is 837. The summed E-state index contributed by atoms with van der Waals surface area (Å²) < 4.78 is 33.8. The van der Waals surface area contributed by atoms with Crippen molar-refractivity contribution in [3.63, 3.8) is 0 Å². The van der Waals surface area contributed by atoms with Gasteiger partial charge in [0.2, 0.25) is 10.0 Å². The quantitative estimate of drug-likeness (QED) is 0.883. The van der Waals surface area contributed by atoms with Gasteiger partial charge in [0.15, 0.2) is 0 Å². The summed E-state index contributed by atoms with van der Waals surface area (Å²) in [7, 11) is -2.04. The first-order chi connectivity index (χ1) is 11.4. The Labute approximate surface area is 146 Å². The molecule has 130 valence electrons. The maximum atomic E-state index is 12.8. The molecule has 3 rings (SSSR count). The molecule has 1 atom stereocenters. The molecule has 1 N–H and O–H groups in total. The van der Waals surface area contributed by atoms with Crippen molar-refractivity contribution in [2.45, 2.75) is 17.9 Å². The van der Waals surface area contributed by atoms with Gasteiger partial charge in [0.25, 0.3) is 0 Å². The van der Waals surface area contributed by atoms with E-state index < -0.39 is 10.0 Å². The molecule has 0 aliphatic carbocycles. The van der Waals surface area contributed by atoms with Crippen LogP contribution in [0.4, 0.5) is 0 Å². The molecule has 0 amide bonds. The molecule has 1 fully saturated rings. The number of nitrogens with one attached hydrogen (secondary N) is 1. The summed E-state index contributed by atoms with van der Waals surface area (Å²) in [5, 5.41) is 7.92. The highest BCUT2D eigenvalue weighted by Gasteiger charge is 2.29. The van der Waals surface area contributed by atoms with E-state index in [0.29, 0.717) is 36.1 Å². The van der Waals surface area contributed by atoms with Crippen molar-refractivity contribution in [2.24, 2.45) is 0 Å². The van der Waals surface area contributed by atoms with E-state index in [9.17, 15) is 8.42 Å². The van der Waals surface area contributed by atoms with Crippen LogP contribution in [-0.2, 0) is 10.0 Å². The summed E-state index contributed by atoms with van der Waals surface area (Å²) in [6, 6.07) is 5.21. The van der Waals surface area contributed by atoms with Crippen molar-refractivity contribution in [1.29, 1.82) is 0 Å². The third kappa shape index (κ3) is 3.27. The van der Waals surface area contributed by atoms with Gasteiger partial charge in [-0.1, -0.05) is 11.6 Å². The number of halogens is 1. The van der Waals surface area contributed by atoms with Gasteiger partial charge in [-0.25, -0.2) is 13.1 Å². The first kappa shape index (κ1) is 17.2. The highest BCUT2D eigenvalue weighted by atomic mass is 35.5. The predicted octanol–water partition coefficient (Wildman–Crippen LogP) is 1.52. The third-order valence-corrected chi connectivity index (χ3v) is 5.97. The Morgan fingerprint density at radius 2 is 2.21 bits per heavy atom. The van der Waals surface area contributed by atoms with Gasteiger partial charge in [-0.3, -0.25) is 0 Å². The monoisotopic (exact) mass is 370 g/mol. The summed E-state index contributed by atoms with van der Waals surface area (Å²) >= 11 is 6.03. The lowest BCUT2D eigenvalue weighted by molar-refractivity contribution is 0.310. The van der Waals surface area contributed by atoms with E-state index >= 15 is 0 Å². The minimum Gasteiger partial charge on any atom is -0.494 e. The number of nitrogens with zero attached hydrogens (tertiary/aromatic N) is 3. The first-order valence-electron chi connectivity index (χ1n) is 7.54. The van der Waals surface area contributed by atoms with Crippen LogP contribution in [0.25, 0.3) is 5.69 Å². The number of aromatic nitrogens is 2. The molecule has 0 saturated carbocycles. The molecule has 2 aromatic rings. The molecule has 1 saturated heterocycles. The normalized spacial score (nSPS) is 19.4. The molecule has 0 radical (unpaired) electrons. The van der Waals surface area contributed by atoms with Gasteiger partial charge in [-0.05, 0) is 25.1 Å². The SMILES string of the molecule is COc1ccc(Cl)cc1-n1cc(S(=O)(=O)N2CCN[C@H](C)C2)cn1. The number of rotatable bonds is 4. The molecular formula is C15H19ClN4O3S. The summed E-state index contributed by atoms with van der Waals surface area (Å²) in [5.41, 5.74) is 0.583. The van der Waals surface area contributed by atoms with Gasteiger partial charge in [-0.15, -0.1) is 0 Å². The average Bonchev–Trinajstić information content (AvgIpc) is 3.05. The van der Waals surface area contributed by atoms with Crippen LogP contribution in [0.15, 0.2) is 35.5 Å². The summed E-state index contributed by atoms with van der Waals surface area (Å²) in [6.45, 7) is 3.48. The minimum absolute atomic E-state index is 0.122. The van der Waals surface area contributed by atoms with Gasteiger partial charge in [0.1, 0.15) is 16.3 Å². The maximum absolute atomic E-state index is 12.8. The van der Waals surface area contributed by atoms with Crippen molar-refractivity contribution < 1.29 is 13.2 Å². The van der Waals surface area contributed by atoms with Crippen LogP contribution >= 0.6 is 11.6 Å². The van der Waals surface area contributed by atoms with Crippen molar-refractivity contribution in [2.75, 3.05) is 26.7 Å². The van der Waals surface area contributed by atoms with Crippen molar-refractivity contribution >= 4 is 21.6 Å². The molecule has 0 spiro atoms. The molecule has 0 unspecified atom stereocenters. The van der Waals surface area contributed by atoms with Gasteiger partial charge in [-0.2, -0.15) is 9.40 Å². The summed E-state index contributed by atoms with van der Waals surface area (Å²) in [4.78, 5) is 0.152. The second-order valence-corrected chi connectivity index (χ2v) is 8.03. The molecule has 1 aromatic carbocycles. The zero-order valence-corrected chi connectivity index (χ0v) is 15.0. The zero-order valence-electron chi connectivity index (χ0n) is 13.4. The lowest BCUT2D eigenvalue weighted by atomic mass is 10.3. The fourth-order valence-electron chi connectivity index (χ4n) is 2.68. The van der Waals surface area contributed by atoms with Crippen LogP contribution in [0.5, 0.6) is 5.75 Å². The van der Waals surface area contributed by atoms with Crippen LogP contribution in [0.1, 0.15) is 6.92 Å². The smallest absolute Gasteiger partial charge is 0.246 e. The fourth-order valence-corrected chi connectivity index (χ4v) is 4.31. The number of hydrogen-bond acceptors (Lipinski definition) is 5. The second-order valence-electron chi connectivity index (χ2n) is 5.66. The number of benzene rings is 1. The van der Waals surface area contributed by atoms with Crippen molar-refractivity contribution in [3.05, 3.63) is 35.6 Å². The van der Waals surface area contributed by atoms with Crippen molar-refractivity contribution in [1.82, 2.24) is 19.4 Å². The molecule has 1 aliphatic rings. The number of sulfonamides is 1. The highest BCUT2D eigenvalue weighted by molar-refractivity contribution is 7.89. The maximum Gasteiger partial charge on any atom is 0.246 e. The molecule has 2 heterocycles. The van der Waals surface area contributed by atoms with Gasteiger partial charge in [0.05, 0.1) is 19.5 Å². The van der Waals surface area contributed by atoms with Gasteiger partial charge in [0, 0.05) is 30.7 Å². The Kier molecular flexibility index (Phi) is 4.82. The largest absolute Gasteiger partial charge is 0.494 e. The Hall–Kier alpha value is -1.61. The van der Waals surface area contributed by atoms with Gasteiger partial charge < -0.3 is 10.1 Å². The van der Waals surface area contributed by atoms with Crippen molar-refractivity contribution in [3.8, 4) is 11.4 Å². The third-order valence-electron chi connectivity index (χ3n) is 3.92. The standard InChI is InChI=1S/C15H19ClN4O3S/c1-11-9-19(6-5-17-11)24(21,22)13-8-18-20(10-13)14-7-12(16)3-4-15(14)23-2/h3-4,7-8,10-11,17H,5-6,9H2,1-2H3/t11-/m1/s1. The molecule has 1 aliphatic heterocycles. The molecular weight excluding hydrogens is 352 g/mol. The number of ether oxygens (including phenoxy) is 1. The van der Waals surface area contributed by atoms with E-state index in [1.54, 1.807) is 18.2 Å². The van der Waals surface area contributed by atoms with E-state index in [1.807, 2.05) is 6.92 Å². The molecule has 9 heteroatoms. The van der Waals surface area contributed by atoms with Crippen LogP contribution in [0.3, 0.4) is 0 Å². The second kappa shape index (κ2) is 6.72. The Balaban J connectivity index is 1.95. The molecule has 7 nitrogen and oxygen atoms in total. The first-order valence-corrected chi connectivity index (χ1v) is 9.36. The summed E-state index contributed by atoms with van der Waals surface area (Å²) in [5.74, 6) is 0.558. The lowest BCUT2D eigenvalue weighted by Gasteiger charge is -2.30. The van der Waals surface area contributed by atoms with Crippen LogP contribution in [0, 0.1) is 0 Å². The molecule has 0 bridgehead atoms. The Morgan fingerprint density at radius 3 is 2.92 bits per heavy atom. The van der Waals surface area contributed by atoms with Crippen LogP contribution in [0.2, 0.25) is 5.02 Å². The molecule has 24 heavy (non-hydrogen) atoms. The number of hydrogen-bond donors (Lipinski definition) is 1. The van der Waals surface area contributed by atoms with E-state index in [2.05, 4.69) is 10.4 Å². The van der Waals surface area contributed by atoms with E-state index in [1.165, 1.54) is 28.5 Å². The van der Waals surface area contributed by atoms with Gasteiger partial charge >= 0.3 is 0 Å². The Morgan fingerprint density at radius 1 is 1.42 bits per heavy atom. The topological polar surface area (TPSA) is 76.5 Å². The summed E-state index contributed by atoms with van der Waals surface area (Å²) in [6.07, 6.45) is 2.83. The van der Waals surface area contributed by atoms with E-state index in [4.69, 9.17) is 16.3 Å². The highest BCUT2D eigenvalue weighted by Crippen LogP contribution is 2.27. The zero-order chi connectivity index (χ0) is 17.3. The van der Waals surface area contributed by atoms with E-state index in [0.717, 1.165) is 0 Å². The van der Waals surface area contributed by atoms with Crippen LogP contribution < -0.4 is 10.1 Å². The number of methoxy groups -OCH3 is 1. The van der Waals surface area contributed by atoms with E-state index in [-0.39, 0.29) is 10.9 Å².